The molecule has 1 fully saturated rings. The van der Waals surface area contributed by atoms with E-state index in [0.29, 0.717) is 6.61 Å². The molecule has 0 unspecified atom stereocenters. The molecule has 2 aromatic rings. The second-order valence-electron chi connectivity index (χ2n) is 5.83. The number of esters is 1. The number of carbonyl (C=O) groups excluding carboxylic acids is 2. The van der Waals surface area contributed by atoms with Crippen LogP contribution in [-0.4, -0.2) is 23.5 Å². The highest BCUT2D eigenvalue weighted by molar-refractivity contribution is 6.14. The number of aromatic nitrogens is 1. The van der Waals surface area contributed by atoms with Gasteiger partial charge in [-0.3, -0.25) is 14.6 Å². The normalized spacial score (nSPS) is 27.4. The van der Waals surface area contributed by atoms with Gasteiger partial charge in [-0.25, -0.2) is 0 Å². The van der Waals surface area contributed by atoms with Gasteiger partial charge >= 0.3 is 5.97 Å². The van der Waals surface area contributed by atoms with Crippen molar-refractivity contribution in [2.45, 2.75) is 18.3 Å². The summed E-state index contributed by atoms with van der Waals surface area (Å²) in [5.74, 6) is -1.30. The third kappa shape index (κ3) is 1.76. The highest BCUT2D eigenvalue weighted by Gasteiger charge is 2.77. The lowest BCUT2D eigenvalue weighted by molar-refractivity contribution is -0.146. The quantitative estimate of drug-likeness (QED) is 0.883. The third-order valence-electron chi connectivity index (χ3n) is 4.75. The van der Waals surface area contributed by atoms with E-state index in [4.69, 9.17) is 4.74 Å². The predicted octanol–water partition coefficient (Wildman–Crippen LogP) is 2.25. The summed E-state index contributed by atoms with van der Waals surface area (Å²) >= 11 is 0. The number of fused-ring (bicyclic) bond motifs is 2. The Bertz CT molecular complexity index is 790. The van der Waals surface area contributed by atoms with Gasteiger partial charge in [0.2, 0.25) is 5.91 Å². The van der Waals surface area contributed by atoms with Gasteiger partial charge in [-0.15, -0.1) is 0 Å². The lowest BCUT2D eigenvalue weighted by Crippen LogP contribution is -2.25. The number of nitrogens with zero attached hydrogens (tertiary/aromatic N) is 1. The number of rotatable bonds is 3. The molecule has 1 amide bonds. The molecule has 1 aliphatic carbocycles. The molecule has 1 saturated carbocycles. The van der Waals surface area contributed by atoms with Gasteiger partial charge < -0.3 is 10.1 Å². The monoisotopic (exact) mass is 308 g/mol. The molecular weight excluding hydrogens is 292 g/mol. The number of hydrogen-bond acceptors (Lipinski definition) is 4. The van der Waals surface area contributed by atoms with Crippen molar-refractivity contribution in [3.63, 3.8) is 0 Å². The minimum Gasteiger partial charge on any atom is -0.466 e. The van der Waals surface area contributed by atoms with Gasteiger partial charge in [0.05, 0.1) is 17.9 Å². The van der Waals surface area contributed by atoms with Crippen molar-refractivity contribution in [2.75, 3.05) is 11.9 Å². The summed E-state index contributed by atoms with van der Waals surface area (Å²) in [6, 6.07) is 13.1. The number of hydrogen-bond donors (Lipinski definition) is 1. The van der Waals surface area contributed by atoms with Crippen LogP contribution in [0.1, 0.15) is 24.1 Å². The molecule has 23 heavy (non-hydrogen) atoms. The molecule has 1 N–H and O–H groups in total. The molecular formula is C18H16N2O3. The molecule has 2 heterocycles. The third-order valence-corrected chi connectivity index (χ3v) is 4.75. The van der Waals surface area contributed by atoms with Crippen molar-refractivity contribution < 1.29 is 14.3 Å². The number of amides is 1. The van der Waals surface area contributed by atoms with E-state index in [1.807, 2.05) is 42.5 Å². The van der Waals surface area contributed by atoms with Gasteiger partial charge in [0.25, 0.3) is 0 Å². The fraction of sp³-hybridized carbons (Fsp3) is 0.278. The molecule has 0 radical (unpaired) electrons. The van der Waals surface area contributed by atoms with Crippen molar-refractivity contribution in [1.82, 2.24) is 4.98 Å². The Hall–Kier alpha value is -2.69. The average Bonchev–Trinajstić information content (AvgIpc) is 3.19. The van der Waals surface area contributed by atoms with Gasteiger partial charge in [-0.05, 0) is 30.7 Å². The number of para-hydroxylation sites is 1. The fourth-order valence-corrected chi connectivity index (χ4v) is 3.82. The van der Waals surface area contributed by atoms with Gasteiger partial charge in [0.1, 0.15) is 0 Å². The van der Waals surface area contributed by atoms with Gasteiger partial charge in [-0.2, -0.15) is 0 Å². The molecule has 5 nitrogen and oxygen atoms in total. The number of nitrogens with one attached hydrogen (secondary N) is 1. The summed E-state index contributed by atoms with van der Waals surface area (Å²) in [6.45, 7) is 2.06. The van der Waals surface area contributed by atoms with E-state index in [1.54, 1.807) is 13.1 Å². The molecule has 5 heteroatoms. The van der Waals surface area contributed by atoms with E-state index in [-0.39, 0.29) is 17.8 Å². The summed E-state index contributed by atoms with van der Waals surface area (Å²) in [5.41, 5.74) is 1.48. The van der Waals surface area contributed by atoms with E-state index in [9.17, 15) is 9.59 Å². The minimum atomic E-state index is -0.892. The topological polar surface area (TPSA) is 68.3 Å². The number of benzene rings is 1. The van der Waals surface area contributed by atoms with Gasteiger partial charge in [0.15, 0.2) is 0 Å². The van der Waals surface area contributed by atoms with Gasteiger partial charge in [-0.1, -0.05) is 24.3 Å². The summed E-state index contributed by atoms with van der Waals surface area (Å²) in [7, 11) is 0. The second kappa shape index (κ2) is 4.91. The van der Waals surface area contributed by atoms with Crippen LogP contribution in [0.5, 0.6) is 0 Å². The van der Waals surface area contributed by atoms with Crippen LogP contribution in [0.2, 0.25) is 0 Å². The maximum Gasteiger partial charge on any atom is 0.311 e. The Labute approximate surface area is 133 Å². The van der Waals surface area contributed by atoms with E-state index in [2.05, 4.69) is 10.3 Å². The van der Waals surface area contributed by atoms with Crippen LogP contribution in [0.15, 0.2) is 48.7 Å². The van der Waals surface area contributed by atoms with Crippen molar-refractivity contribution in [2.24, 2.45) is 5.92 Å². The lowest BCUT2D eigenvalue weighted by Gasteiger charge is -2.08. The zero-order chi connectivity index (χ0) is 16.0. The molecule has 3 atom stereocenters. The second-order valence-corrected chi connectivity index (χ2v) is 5.83. The summed E-state index contributed by atoms with van der Waals surface area (Å²) in [6.07, 6.45) is 1.68. The standard InChI is InChI=1S/C18H16N2O3/c1-2-23-16(21)15-14(13-9-5-6-10-19-13)18(15)11-7-3-4-8-12(11)20-17(18)22/h3-10,14-15H,2H2,1H3,(H,20,22)/t14-,15+,18-/m1/s1. The Kier molecular flexibility index (Phi) is 2.98. The average molecular weight is 308 g/mol. The zero-order valence-electron chi connectivity index (χ0n) is 12.7. The van der Waals surface area contributed by atoms with Crippen molar-refractivity contribution in [1.29, 1.82) is 0 Å². The first-order valence-electron chi connectivity index (χ1n) is 7.69. The molecule has 2 aliphatic rings. The minimum absolute atomic E-state index is 0.146. The first kappa shape index (κ1) is 13.9. The summed E-state index contributed by atoms with van der Waals surface area (Å²) in [5, 5.41) is 2.90. The van der Waals surface area contributed by atoms with Crippen molar-refractivity contribution in [3.05, 3.63) is 59.9 Å². The van der Waals surface area contributed by atoms with Gasteiger partial charge in [0, 0.05) is 23.5 Å². The van der Waals surface area contributed by atoms with E-state index >= 15 is 0 Å². The number of pyridine rings is 1. The molecule has 1 spiro atoms. The Morgan fingerprint density at radius 1 is 1.26 bits per heavy atom. The lowest BCUT2D eigenvalue weighted by atomic mass is 9.92. The Morgan fingerprint density at radius 3 is 2.78 bits per heavy atom. The maximum atomic E-state index is 12.8. The maximum absolute atomic E-state index is 12.8. The number of anilines is 1. The highest BCUT2D eigenvalue weighted by atomic mass is 16.5. The zero-order valence-corrected chi connectivity index (χ0v) is 12.7. The molecule has 4 rings (SSSR count). The smallest absolute Gasteiger partial charge is 0.311 e. The van der Waals surface area contributed by atoms with Crippen LogP contribution in [0.3, 0.4) is 0 Å². The van der Waals surface area contributed by atoms with E-state index in [0.717, 1.165) is 16.9 Å². The van der Waals surface area contributed by atoms with Crippen LogP contribution in [0.25, 0.3) is 0 Å². The first-order chi connectivity index (χ1) is 11.2. The first-order valence-corrected chi connectivity index (χ1v) is 7.69. The predicted molar refractivity (Wildman–Crippen MR) is 83.9 cm³/mol. The summed E-state index contributed by atoms with van der Waals surface area (Å²) < 4.78 is 5.22. The van der Waals surface area contributed by atoms with E-state index < -0.39 is 11.3 Å². The van der Waals surface area contributed by atoms with Crippen molar-refractivity contribution >= 4 is 17.6 Å². The molecule has 116 valence electrons. The van der Waals surface area contributed by atoms with E-state index in [1.165, 1.54) is 0 Å². The Morgan fingerprint density at radius 2 is 2.04 bits per heavy atom. The number of carbonyl (C=O) groups is 2. The molecule has 0 bridgehead atoms. The van der Waals surface area contributed by atoms with Crippen LogP contribution in [0.4, 0.5) is 5.69 Å². The van der Waals surface area contributed by atoms with Crippen LogP contribution in [0, 0.1) is 5.92 Å². The SMILES string of the molecule is CCOC(=O)[C@@H]1[C@@H](c2ccccn2)[C@@]12C(=O)Nc1ccccc12. The number of ether oxygens (including phenoxy) is 1. The molecule has 0 saturated heterocycles. The molecule has 1 aromatic carbocycles. The van der Waals surface area contributed by atoms with Crippen molar-refractivity contribution in [3.8, 4) is 0 Å². The largest absolute Gasteiger partial charge is 0.466 e. The van der Waals surface area contributed by atoms with Crippen LogP contribution in [-0.2, 0) is 19.7 Å². The molecule has 1 aromatic heterocycles. The Balaban J connectivity index is 1.85. The van der Waals surface area contributed by atoms with Crippen LogP contribution < -0.4 is 5.32 Å². The highest BCUT2D eigenvalue weighted by Crippen LogP contribution is 2.69. The fourth-order valence-electron chi connectivity index (χ4n) is 3.82. The van der Waals surface area contributed by atoms with Crippen LogP contribution >= 0.6 is 0 Å². The summed E-state index contributed by atoms with van der Waals surface area (Å²) in [4.78, 5) is 29.6. The molecule has 1 aliphatic heterocycles.